The lowest BCUT2D eigenvalue weighted by Gasteiger charge is -2.17. The van der Waals surface area contributed by atoms with Crippen molar-refractivity contribution in [2.24, 2.45) is 0 Å². The monoisotopic (exact) mass is 350 g/mol. The molecule has 2 amide bonds. The normalized spacial score (nSPS) is 15.1. The molecule has 136 valence electrons. The fourth-order valence-corrected chi connectivity index (χ4v) is 3.39. The Morgan fingerprint density at radius 3 is 2.46 bits per heavy atom. The highest BCUT2D eigenvalue weighted by Crippen LogP contribution is 2.18. The zero-order valence-electron chi connectivity index (χ0n) is 15.3. The van der Waals surface area contributed by atoms with Crippen LogP contribution in [0.4, 0.5) is 0 Å². The molecule has 1 saturated heterocycles. The molecule has 1 N–H and O–H groups in total. The van der Waals surface area contributed by atoms with Crippen LogP contribution in [0, 0.1) is 0 Å². The molecule has 1 aliphatic rings. The number of carbonyl (C=O) groups excluding carboxylic acids is 2. The summed E-state index contributed by atoms with van der Waals surface area (Å²) in [6, 6.07) is 17.8. The van der Waals surface area contributed by atoms with Crippen LogP contribution in [-0.4, -0.2) is 29.8 Å². The zero-order chi connectivity index (χ0) is 18.4. The maximum atomic E-state index is 12.4. The number of hydrogen-bond donors (Lipinski definition) is 1. The molecule has 26 heavy (non-hydrogen) atoms. The van der Waals surface area contributed by atoms with Crippen molar-refractivity contribution in [1.82, 2.24) is 10.2 Å². The number of carbonyl (C=O) groups is 2. The summed E-state index contributed by atoms with van der Waals surface area (Å²) in [5.41, 5.74) is 2.97. The van der Waals surface area contributed by atoms with Crippen molar-refractivity contribution >= 4 is 11.8 Å². The summed E-state index contributed by atoms with van der Waals surface area (Å²) in [6.45, 7) is 4.23. The first-order chi connectivity index (χ1) is 12.7. The van der Waals surface area contributed by atoms with E-state index in [1.165, 1.54) is 5.56 Å². The highest BCUT2D eigenvalue weighted by atomic mass is 16.2. The van der Waals surface area contributed by atoms with Gasteiger partial charge in [-0.2, -0.15) is 0 Å². The average molecular weight is 350 g/mol. The van der Waals surface area contributed by atoms with E-state index in [0.29, 0.717) is 31.0 Å². The van der Waals surface area contributed by atoms with Crippen LogP contribution < -0.4 is 5.32 Å². The summed E-state index contributed by atoms with van der Waals surface area (Å²) in [5, 5.41) is 3.04. The molecule has 2 aromatic rings. The van der Waals surface area contributed by atoms with Crippen LogP contribution >= 0.6 is 0 Å². The predicted molar refractivity (Wildman–Crippen MR) is 103 cm³/mol. The van der Waals surface area contributed by atoms with E-state index in [4.69, 9.17) is 0 Å². The van der Waals surface area contributed by atoms with Crippen molar-refractivity contribution in [3.8, 4) is 0 Å². The van der Waals surface area contributed by atoms with Gasteiger partial charge in [-0.25, -0.2) is 0 Å². The van der Waals surface area contributed by atoms with Crippen molar-refractivity contribution in [3.63, 3.8) is 0 Å². The summed E-state index contributed by atoms with van der Waals surface area (Å²) in [4.78, 5) is 26.0. The van der Waals surface area contributed by atoms with E-state index < -0.39 is 0 Å². The highest BCUT2D eigenvalue weighted by Gasteiger charge is 2.20. The van der Waals surface area contributed by atoms with Gasteiger partial charge >= 0.3 is 0 Å². The fourth-order valence-electron chi connectivity index (χ4n) is 3.39. The van der Waals surface area contributed by atoms with Gasteiger partial charge in [0.15, 0.2) is 0 Å². The molecule has 0 saturated carbocycles. The zero-order valence-corrected chi connectivity index (χ0v) is 15.3. The molecule has 1 atom stereocenters. The fraction of sp³-hybridized carbons (Fsp3) is 0.364. The summed E-state index contributed by atoms with van der Waals surface area (Å²) in [5.74, 6) is 0.488. The molecule has 1 heterocycles. The van der Waals surface area contributed by atoms with Gasteiger partial charge in [-0.05, 0) is 36.1 Å². The molecular formula is C22H26N2O2. The molecular weight excluding hydrogens is 324 g/mol. The van der Waals surface area contributed by atoms with E-state index in [2.05, 4.69) is 24.4 Å². The van der Waals surface area contributed by atoms with Gasteiger partial charge in [0.2, 0.25) is 5.91 Å². The van der Waals surface area contributed by atoms with Crippen LogP contribution in [0.25, 0.3) is 0 Å². The summed E-state index contributed by atoms with van der Waals surface area (Å²) < 4.78 is 0. The Morgan fingerprint density at radius 1 is 1.12 bits per heavy atom. The van der Waals surface area contributed by atoms with Crippen molar-refractivity contribution < 1.29 is 9.59 Å². The Hall–Kier alpha value is -2.62. The number of nitrogens with zero attached hydrogens (tertiary/aromatic N) is 1. The Kier molecular flexibility index (Phi) is 6.05. The standard InChI is InChI=1S/C22H26N2O2/c1-2-18(19-7-4-3-5-8-19)15-23-22(26)20-12-10-17(11-13-20)16-24-14-6-9-21(24)25/h3-5,7-8,10-13,18H,2,6,9,14-16H2,1H3,(H,23,26). The smallest absolute Gasteiger partial charge is 0.251 e. The van der Waals surface area contributed by atoms with Crippen LogP contribution in [0.3, 0.4) is 0 Å². The van der Waals surface area contributed by atoms with Gasteiger partial charge in [-0.1, -0.05) is 49.4 Å². The Morgan fingerprint density at radius 2 is 1.85 bits per heavy atom. The topological polar surface area (TPSA) is 49.4 Å². The first-order valence-corrected chi connectivity index (χ1v) is 9.37. The van der Waals surface area contributed by atoms with Crippen molar-refractivity contribution in [3.05, 3.63) is 71.3 Å². The van der Waals surface area contributed by atoms with Crippen LogP contribution in [-0.2, 0) is 11.3 Å². The molecule has 4 heteroatoms. The minimum atomic E-state index is -0.0526. The molecule has 1 fully saturated rings. The summed E-state index contributed by atoms with van der Waals surface area (Å²) >= 11 is 0. The van der Waals surface area contributed by atoms with E-state index in [1.807, 2.05) is 47.4 Å². The van der Waals surface area contributed by atoms with E-state index in [1.54, 1.807) is 0 Å². The summed E-state index contributed by atoms with van der Waals surface area (Å²) in [6.07, 6.45) is 2.58. The Bertz CT molecular complexity index is 740. The number of amides is 2. The van der Waals surface area contributed by atoms with E-state index in [0.717, 1.165) is 24.9 Å². The van der Waals surface area contributed by atoms with Crippen LogP contribution in [0.5, 0.6) is 0 Å². The first kappa shape index (κ1) is 18.2. The minimum Gasteiger partial charge on any atom is -0.351 e. The van der Waals surface area contributed by atoms with E-state index >= 15 is 0 Å². The van der Waals surface area contributed by atoms with Crippen molar-refractivity contribution in [1.29, 1.82) is 0 Å². The molecule has 1 aliphatic heterocycles. The Balaban J connectivity index is 1.55. The molecule has 0 radical (unpaired) electrons. The van der Waals surface area contributed by atoms with Crippen LogP contribution in [0.1, 0.15) is 53.6 Å². The van der Waals surface area contributed by atoms with Crippen molar-refractivity contribution in [2.75, 3.05) is 13.1 Å². The number of benzene rings is 2. The molecule has 1 unspecified atom stereocenters. The lowest BCUT2D eigenvalue weighted by molar-refractivity contribution is -0.128. The lowest BCUT2D eigenvalue weighted by Crippen LogP contribution is -2.28. The molecule has 3 rings (SSSR count). The van der Waals surface area contributed by atoms with E-state index in [-0.39, 0.29) is 11.8 Å². The molecule has 0 aliphatic carbocycles. The first-order valence-electron chi connectivity index (χ1n) is 9.37. The maximum absolute atomic E-state index is 12.4. The molecule has 0 spiro atoms. The number of nitrogens with one attached hydrogen (secondary N) is 1. The van der Waals surface area contributed by atoms with Gasteiger partial charge in [-0.15, -0.1) is 0 Å². The SMILES string of the molecule is CCC(CNC(=O)c1ccc(CN2CCCC2=O)cc1)c1ccccc1. The molecule has 4 nitrogen and oxygen atoms in total. The lowest BCUT2D eigenvalue weighted by atomic mass is 9.96. The number of rotatable bonds is 7. The van der Waals surface area contributed by atoms with Gasteiger partial charge in [0, 0.05) is 37.5 Å². The van der Waals surface area contributed by atoms with Crippen LogP contribution in [0.2, 0.25) is 0 Å². The second-order valence-electron chi connectivity index (χ2n) is 6.84. The average Bonchev–Trinajstić information content (AvgIpc) is 3.08. The third-order valence-electron chi connectivity index (χ3n) is 5.03. The van der Waals surface area contributed by atoms with Crippen molar-refractivity contribution in [2.45, 2.75) is 38.6 Å². The van der Waals surface area contributed by atoms with Gasteiger partial charge < -0.3 is 10.2 Å². The second kappa shape index (κ2) is 8.65. The molecule has 0 bridgehead atoms. The van der Waals surface area contributed by atoms with E-state index in [9.17, 15) is 9.59 Å². The molecule has 2 aromatic carbocycles. The van der Waals surface area contributed by atoms with Gasteiger partial charge in [0.1, 0.15) is 0 Å². The quantitative estimate of drug-likeness (QED) is 0.827. The predicted octanol–water partition coefficient (Wildman–Crippen LogP) is 3.73. The Labute approximate surface area is 155 Å². The van der Waals surface area contributed by atoms with Gasteiger partial charge in [0.25, 0.3) is 5.91 Å². The third-order valence-corrected chi connectivity index (χ3v) is 5.03. The van der Waals surface area contributed by atoms with Crippen LogP contribution in [0.15, 0.2) is 54.6 Å². The third kappa shape index (κ3) is 4.51. The molecule has 0 aromatic heterocycles. The number of hydrogen-bond acceptors (Lipinski definition) is 2. The largest absolute Gasteiger partial charge is 0.351 e. The number of likely N-dealkylation sites (tertiary alicyclic amines) is 1. The second-order valence-corrected chi connectivity index (χ2v) is 6.84. The van der Waals surface area contributed by atoms with Gasteiger partial charge in [-0.3, -0.25) is 9.59 Å². The summed E-state index contributed by atoms with van der Waals surface area (Å²) in [7, 11) is 0. The highest BCUT2D eigenvalue weighted by molar-refractivity contribution is 5.94. The van der Waals surface area contributed by atoms with Gasteiger partial charge in [0.05, 0.1) is 0 Å². The minimum absolute atomic E-state index is 0.0526. The maximum Gasteiger partial charge on any atom is 0.251 e.